The van der Waals surface area contributed by atoms with E-state index in [0.29, 0.717) is 17.4 Å². The van der Waals surface area contributed by atoms with Crippen molar-refractivity contribution in [3.63, 3.8) is 0 Å². The van der Waals surface area contributed by atoms with Gasteiger partial charge in [0.2, 0.25) is 5.43 Å². The molecule has 4 rings (SSSR count). The summed E-state index contributed by atoms with van der Waals surface area (Å²) in [5.74, 6) is -0.445. The van der Waals surface area contributed by atoms with Crippen LogP contribution in [0.25, 0.3) is 21.9 Å². The highest BCUT2D eigenvalue weighted by molar-refractivity contribution is 5.95. The van der Waals surface area contributed by atoms with Crippen molar-refractivity contribution in [3.05, 3.63) is 70.3 Å². The van der Waals surface area contributed by atoms with E-state index >= 15 is 0 Å². The van der Waals surface area contributed by atoms with Gasteiger partial charge in [-0.1, -0.05) is 23.8 Å². The van der Waals surface area contributed by atoms with E-state index in [1.807, 2.05) is 43.3 Å². The number of benzene rings is 2. The molecule has 0 spiro atoms. The highest BCUT2D eigenvalue weighted by Gasteiger charge is 2.16. The van der Waals surface area contributed by atoms with Crippen LogP contribution >= 0.6 is 0 Å². The van der Waals surface area contributed by atoms with Crippen LogP contribution in [-0.4, -0.2) is 31.8 Å². The summed E-state index contributed by atoms with van der Waals surface area (Å²) >= 11 is 0. The molecule has 2 heterocycles. The van der Waals surface area contributed by atoms with Crippen LogP contribution in [0.1, 0.15) is 22.5 Å². The first kappa shape index (κ1) is 17.9. The van der Waals surface area contributed by atoms with Gasteiger partial charge >= 0.3 is 0 Å². The predicted molar refractivity (Wildman–Crippen MR) is 108 cm³/mol. The second-order valence-electron chi connectivity index (χ2n) is 6.86. The molecule has 0 aliphatic heterocycles. The average Bonchev–Trinajstić information content (AvgIpc) is 3.11. The van der Waals surface area contributed by atoms with E-state index in [9.17, 15) is 9.59 Å². The molecule has 0 aliphatic carbocycles. The molecule has 0 atom stereocenters. The number of rotatable bonds is 5. The number of hydrogen-bond acceptors (Lipinski definition) is 4. The topological polar surface area (TPSA) is 81.8 Å². The Hall–Kier alpha value is -3.48. The van der Waals surface area contributed by atoms with Gasteiger partial charge in [0, 0.05) is 20.1 Å². The molecule has 7 heteroatoms. The second-order valence-corrected chi connectivity index (χ2v) is 6.86. The Balaban J connectivity index is 1.45. The largest absolute Gasteiger partial charge is 0.350 e. The number of carbonyl (C=O) groups is 1. The third kappa shape index (κ3) is 3.26. The summed E-state index contributed by atoms with van der Waals surface area (Å²) in [6.45, 7) is 3.09. The Bertz CT molecular complexity index is 1240. The lowest BCUT2D eigenvalue weighted by Gasteiger charge is -2.09. The summed E-state index contributed by atoms with van der Waals surface area (Å²) in [4.78, 5) is 29.6. The van der Waals surface area contributed by atoms with Crippen LogP contribution < -0.4 is 10.7 Å². The van der Waals surface area contributed by atoms with Crippen LogP contribution in [0.4, 0.5) is 0 Å². The zero-order chi connectivity index (χ0) is 19.7. The molecule has 0 saturated carbocycles. The van der Waals surface area contributed by atoms with Crippen molar-refractivity contribution in [2.75, 3.05) is 6.54 Å². The summed E-state index contributed by atoms with van der Waals surface area (Å²) < 4.78 is 3.63. The fourth-order valence-corrected chi connectivity index (χ4v) is 3.36. The van der Waals surface area contributed by atoms with Gasteiger partial charge in [0.25, 0.3) is 5.91 Å². The zero-order valence-electron chi connectivity index (χ0n) is 15.8. The molecule has 0 radical (unpaired) electrons. The van der Waals surface area contributed by atoms with Gasteiger partial charge in [-0.05, 0) is 37.6 Å². The van der Waals surface area contributed by atoms with Gasteiger partial charge in [0.1, 0.15) is 0 Å². The van der Waals surface area contributed by atoms with Crippen molar-refractivity contribution < 1.29 is 4.79 Å². The normalized spacial score (nSPS) is 11.2. The van der Waals surface area contributed by atoms with E-state index < -0.39 is 5.91 Å². The summed E-state index contributed by atoms with van der Waals surface area (Å²) in [7, 11) is 1.73. The molecule has 2 aromatic heterocycles. The number of imidazole rings is 1. The highest BCUT2D eigenvalue weighted by Crippen LogP contribution is 2.13. The number of amides is 1. The van der Waals surface area contributed by atoms with Crippen molar-refractivity contribution in [2.24, 2.45) is 7.05 Å². The van der Waals surface area contributed by atoms with Gasteiger partial charge in [0.05, 0.1) is 28.3 Å². The zero-order valence-corrected chi connectivity index (χ0v) is 15.8. The second kappa shape index (κ2) is 7.26. The number of aromatic nitrogens is 4. The van der Waals surface area contributed by atoms with E-state index in [4.69, 9.17) is 0 Å². The molecule has 7 nitrogen and oxygen atoms in total. The Morgan fingerprint density at radius 3 is 2.82 bits per heavy atom. The van der Waals surface area contributed by atoms with E-state index in [2.05, 4.69) is 20.0 Å². The number of nitrogens with one attached hydrogen (secondary N) is 1. The van der Waals surface area contributed by atoms with Crippen molar-refractivity contribution in [1.29, 1.82) is 0 Å². The van der Waals surface area contributed by atoms with Crippen LogP contribution in [0.5, 0.6) is 0 Å². The first-order valence-electron chi connectivity index (χ1n) is 9.20. The maximum atomic E-state index is 12.7. The Labute approximate surface area is 161 Å². The molecular weight excluding hydrogens is 354 g/mol. The average molecular weight is 375 g/mol. The molecule has 1 N–H and O–H groups in total. The van der Waals surface area contributed by atoms with Gasteiger partial charge in [0.15, 0.2) is 5.69 Å². The van der Waals surface area contributed by atoms with Crippen molar-refractivity contribution >= 4 is 27.8 Å². The van der Waals surface area contributed by atoms with Gasteiger partial charge in [-0.25, -0.2) is 4.98 Å². The lowest BCUT2D eigenvalue weighted by molar-refractivity contribution is 0.0945. The summed E-state index contributed by atoms with van der Waals surface area (Å²) in [6, 6.07) is 13.5. The lowest BCUT2D eigenvalue weighted by Crippen LogP contribution is -2.32. The van der Waals surface area contributed by atoms with E-state index in [1.165, 1.54) is 0 Å². The molecule has 4 aromatic rings. The molecule has 0 unspecified atom stereocenters. The number of nitrogens with zero attached hydrogens (tertiary/aromatic N) is 4. The van der Waals surface area contributed by atoms with Gasteiger partial charge < -0.3 is 9.88 Å². The number of aryl methyl sites for hydroxylation is 3. The molecule has 1 amide bonds. The molecule has 28 heavy (non-hydrogen) atoms. The molecule has 0 aliphatic rings. The van der Waals surface area contributed by atoms with Gasteiger partial charge in [-0.3, -0.25) is 14.3 Å². The molecular formula is C21H21N5O2. The molecule has 0 fully saturated rings. The number of carbonyl (C=O) groups excluding carboxylic acids is 1. The van der Waals surface area contributed by atoms with Crippen LogP contribution in [0.3, 0.4) is 0 Å². The summed E-state index contributed by atoms with van der Waals surface area (Å²) in [5.41, 5.74) is 3.28. The monoisotopic (exact) mass is 375 g/mol. The van der Waals surface area contributed by atoms with Crippen LogP contribution in [0.15, 0.2) is 53.6 Å². The first-order chi connectivity index (χ1) is 13.5. The number of fused-ring (bicyclic) bond motifs is 2. The Morgan fingerprint density at radius 2 is 1.96 bits per heavy atom. The molecule has 0 bridgehead atoms. The van der Waals surface area contributed by atoms with Crippen molar-refractivity contribution in [3.8, 4) is 0 Å². The maximum Gasteiger partial charge on any atom is 0.275 e. The fraction of sp³-hybridized carbons (Fsp3) is 0.238. The van der Waals surface area contributed by atoms with E-state index in [1.54, 1.807) is 24.1 Å². The minimum absolute atomic E-state index is 0.0753. The smallest absolute Gasteiger partial charge is 0.275 e. The fourth-order valence-electron chi connectivity index (χ4n) is 3.36. The Morgan fingerprint density at radius 1 is 1.14 bits per heavy atom. The third-order valence-electron chi connectivity index (χ3n) is 4.81. The molecule has 142 valence electrons. The maximum absolute atomic E-state index is 12.7. The first-order valence-corrected chi connectivity index (χ1v) is 9.20. The summed E-state index contributed by atoms with van der Waals surface area (Å²) in [6.07, 6.45) is 2.52. The van der Waals surface area contributed by atoms with Crippen LogP contribution in [0.2, 0.25) is 0 Å². The van der Waals surface area contributed by atoms with Crippen molar-refractivity contribution in [2.45, 2.75) is 19.9 Å². The van der Waals surface area contributed by atoms with Gasteiger partial charge in [-0.15, -0.1) is 0 Å². The lowest BCUT2D eigenvalue weighted by atomic mass is 10.1. The third-order valence-corrected chi connectivity index (χ3v) is 4.81. The molecule has 2 aromatic carbocycles. The van der Waals surface area contributed by atoms with E-state index in [-0.39, 0.29) is 11.1 Å². The number of para-hydroxylation sites is 2. The van der Waals surface area contributed by atoms with Gasteiger partial charge in [-0.2, -0.15) is 5.10 Å². The quantitative estimate of drug-likeness (QED) is 0.543. The SMILES string of the molecule is Cc1ccc2c(c1)c(=O)c(C(=O)NCCCn1cnc3ccccc31)nn2C. The minimum atomic E-state index is -0.445. The minimum Gasteiger partial charge on any atom is -0.350 e. The summed E-state index contributed by atoms with van der Waals surface area (Å²) in [5, 5.41) is 7.49. The van der Waals surface area contributed by atoms with E-state index in [0.717, 1.165) is 29.6 Å². The predicted octanol–water partition coefficient (Wildman–Crippen LogP) is 2.41. The van der Waals surface area contributed by atoms with Crippen molar-refractivity contribution in [1.82, 2.24) is 24.6 Å². The number of hydrogen-bond donors (Lipinski definition) is 1. The van der Waals surface area contributed by atoms with Crippen LogP contribution in [-0.2, 0) is 13.6 Å². The van der Waals surface area contributed by atoms with Crippen LogP contribution in [0, 0.1) is 6.92 Å². The Kier molecular flexibility index (Phi) is 4.65. The standard InChI is InChI=1S/C21H21N5O2/c1-14-8-9-17-15(12-14)20(27)19(24-25(17)2)21(28)22-10-5-11-26-13-23-16-6-3-4-7-18(16)26/h3-4,6-9,12-13H,5,10-11H2,1-2H3,(H,22,28). The molecule has 0 saturated heterocycles. The highest BCUT2D eigenvalue weighted by atomic mass is 16.2.